The molecule has 1 aliphatic rings. The number of hydrogen-bond acceptors (Lipinski definition) is 3. The van der Waals surface area contributed by atoms with Gasteiger partial charge in [0.15, 0.2) is 0 Å². The quantitative estimate of drug-likeness (QED) is 0.716. The Balaban J connectivity index is 1.71. The summed E-state index contributed by atoms with van der Waals surface area (Å²) < 4.78 is 28.9. The lowest BCUT2D eigenvalue weighted by Gasteiger charge is -2.20. The molecule has 27 heavy (non-hydrogen) atoms. The van der Waals surface area contributed by atoms with E-state index in [-0.39, 0.29) is 17.2 Å². The summed E-state index contributed by atoms with van der Waals surface area (Å²) in [6.07, 6.45) is 0.194. The topological polar surface area (TPSA) is 75.3 Å². The van der Waals surface area contributed by atoms with E-state index >= 15 is 0 Å². The Morgan fingerprint density at radius 2 is 1.44 bits per heavy atom. The molecule has 0 fully saturated rings. The molecule has 0 aromatic heterocycles. The maximum atomic E-state index is 13.1. The van der Waals surface area contributed by atoms with Crippen molar-refractivity contribution in [3.63, 3.8) is 0 Å². The van der Waals surface area contributed by atoms with Crippen molar-refractivity contribution in [1.29, 1.82) is 0 Å². The van der Waals surface area contributed by atoms with Crippen LogP contribution in [0.25, 0.3) is 0 Å². The predicted molar refractivity (Wildman–Crippen MR) is 104 cm³/mol. The van der Waals surface area contributed by atoms with E-state index in [1.54, 1.807) is 12.1 Å². The Hall–Kier alpha value is -2.96. The molecule has 5 nitrogen and oxygen atoms in total. The first-order valence-corrected chi connectivity index (χ1v) is 10.1. The summed E-state index contributed by atoms with van der Waals surface area (Å²) >= 11 is 0. The van der Waals surface area contributed by atoms with Crippen molar-refractivity contribution in [1.82, 2.24) is 4.72 Å². The normalized spacial score (nSPS) is 13.4. The lowest BCUT2D eigenvalue weighted by Crippen LogP contribution is -2.29. The molecule has 4 rings (SSSR count). The van der Waals surface area contributed by atoms with Gasteiger partial charge in [-0.05, 0) is 34.9 Å². The highest BCUT2D eigenvalue weighted by Gasteiger charge is 2.25. The molecular formula is C21H18N2O3S. The largest absolute Gasteiger partial charge is 0.326 e. The highest BCUT2D eigenvalue weighted by molar-refractivity contribution is 7.89. The molecule has 0 atom stereocenters. The average molecular weight is 378 g/mol. The van der Waals surface area contributed by atoms with Crippen LogP contribution in [0.4, 0.5) is 5.69 Å². The molecule has 1 amide bonds. The SMILES string of the molecule is O=C1Cc2cc(S(=O)(=O)NC(c3ccccc3)c3ccccc3)ccc2N1. The van der Waals surface area contributed by atoms with E-state index in [4.69, 9.17) is 0 Å². The fourth-order valence-corrected chi connectivity index (χ4v) is 4.48. The summed E-state index contributed by atoms with van der Waals surface area (Å²) in [5.74, 6) is -0.126. The van der Waals surface area contributed by atoms with Crippen molar-refractivity contribution in [2.75, 3.05) is 5.32 Å². The number of sulfonamides is 1. The second kappa shape index (κ2) is 6.98. The minimum atomic E-state index is -3.78. The molecule has 0 saturated heterocycles. The fourth-order valence-electron chi connectivity index (χ4n) is 3.22. The molecule has 0 aliphatic carbocycles. The number of nitrogens with one attached hydrogen (secondary N) is 2. The van der Waals surface area contributed by atoms with Gasteiger partial charge < -0.3 is 5.32 Å². The van der Waals surface area contributed by atoms with Crippen LogP contribution < -0.4 is 10.0 Å². The van der Waals surface area contributed by atoms with E-state index in [2.05, 4.69) is 10.0 Å². The first kappa shape index (κ1) is 17.5. The third-order valence-electron chi connectivity index (χ3n) is 4.55. The summed E-state index contributed by atoms with van der Waals surface area (Å²) in [7, 11) is -3.78. The number of carbonyl (C=O) groups is 1. The van der Waals surface area contributed by atoms with E-state index in [0.29, 0.717) is 11.3 Å². The van der Waals surface area contributed by atoms with Crippen LogP contribution >= 0.6 is 0 Å². The molecule has 136 valence electrons. The molecule has 0 bridgehead atoms. The third-order valence-corrected chi connectivity index (χ3v) is 5.97. The Labute approximate surface area is 158 Å². The molecule has 2 N–H and O–H groups in total. The summed E-state index contributed by atoms with van der Waals surface area (Å²) in [5, 5.41) is 2.71. The smallest absolute Gasteiger partial charge is 0.241 e. The van der Waals surface area contributed by atoms with Gasteiger partial charge in [-0.15, -0.1) is 0 Å². The number of hydrogen-bond donors (Lipinski definition) is 2. The zero-order chi connectivity index (χ0) is 18.9. The Morgan fingerprint density at radius 1 is 0.852 bits per heavy atom. The van der Waals surface area contributed by atoms with Crippen LogP contribution in [0.2, 0.25) is 0 Å². The maximum absolute atomic E-state index is 13.1. The van der Waals surface area contributed by atoms with Crippen LogP contribution in [0.3, 0.4) is 0 Å². The lowest BCUT2D eigenvalue weighted by atomic mass is 10.00. The van der Waals surface area contributed by atoms with Crippen LogP contribution in [-0.2, 0) is 21.2 Å². The molecule has 1 aliphatic heterocycles. The van der Waals surface area contributed by atoms with Gasteiger partial charge in [0.2, 0.25) is 15.9 Å². The number of rotatable bonds is 5. The van der Waals surface area contributed by atoms with E-state index < -0.39 is 16.1 Å². The number of amides is 1. The highest BCUT2D eigenvalue weighted by Crippen LogP contribution is 2.28. The minimum absolute atomic E-state index is 0.126. The summed E-state index contributed by atoms with van der Waals surface area (Å²) in [6.45, 7) is 0. The first-order valence-electron chi connectivity index (χ1n) is 8.58. The second-order valence-electron chi connectivity index (χ2n) is 6.42. The van der Waals surface area contributed by atoms with Gasteiger partial charge in [-0.3, -0.25) is 4.79 Å². The Bertz CT molecular complexity index is 1040. The minimum Gasteiger partial charge on any atom is -0.326 e. The van der Waals surface area contributed by atoms with Crippen LogP contribution in [-0.4, -0.2) is 14.3 Å². The van der Waals surface area contributed by atoms with Crippen LogP contribution in [0.15, 0.2) is 83.8 Å². The van der Waals surface area contributed by atoms with Crippen molar-refractivity contribution in [2.45, 2.75) is 17.4 Å². The van der Waals surface area contributed by atoms with E-state index in [0.717, 1.165) is 11.1 Å². The van der Waals surface area contributed by atoms with Crippen LogP contribution in [0.5, 0.6) is 0 Å². The number of benzene rings is 3. The Morgan fingerprint density at radius 3 is 2.04 bits per heavy atom. The highest BCUT2D eigenvalue weighted by atomic mass is 32.2. The number of anilines is 1. The van der Waals surface area contributed by atoms with Crippen molar-refractivity contribution in [3.8, 4) is 0 Å². The monoisotopic (exact) mass is 378 g/mol. The molecular weight excluding hydrogens is 360 g/mol. The molecule has 3 aromatic carbocycles. The van der Waals surface area contributed by atoms with E-state index in [9.17, 15) is 13.2 Å². The molecule has 0 saturated carbocycles. The fraction of sp³-hybridized carbons (Fsp3) is 0.0952. The number of fused-ring (bicyclic) bond motifs is 1. The maximum Gasteiger partial charge on any atom is 0.241 e. The van der Waals surface area contributed by atoms with Gasteiger partial charge in [0.05, 0.1) is 17.4 Å². The molecule has 0 unspecified atom stereocenters. The Kier molecular flexibility index (Phi) is 4.51. The van der Waals surface area contributed by atoms with Gasteiger partial charge in [-0.25, -0.2) is 8.42 Å². The lowest BCUT2D eigenvalue weighted by molar-refractivity contribution is -0.115. The van der Waals surface area contributed by atoms with Crippen molar-refractivity contribution in [2.24, 2.45) is 0 Å². The van der Waals surface area contributed by atoms with Crippen molar-refractivity contribution in [3.05, 3.63) is 95.6 Å². The van der Waals surface area contributed by atoms with E-state index in [1.807, 2.05) is 60.7 Å². The van der Waals surface area contributed by atoms with Gasteiger partial charge in [0, 0.05) is 5.69 Å². The standard InChI is InChI=1S/C21H18N2O3S/c24-20-14-17-13-18(11-12-19(17)22-20)27(25,26)23-21(15-7-3-1-4-8-15)16-9-5-2-6-10-16/h1-13,21,23H,14H2,(H,22,24). The predicted octanol–water partition coefficient (Wildman–Crippen LogP) is 3.25. The molecule has 1 heterocycles. The van der Waals surface area contributed by atoms with Gasteiger partial charge in [-0.2, -0.15) is 4.72 Å². The number of carbonyl (C=O) groups excluding carboxylic acids is 1. The van der Waals surface area contributed by atoms with Crippen LogP contribution in [0.1, 0.15) is 22.7 Å². The van der Waals surface area contributed by atoms with E-state index in [1.165, 1.54) is 6.07 Å². The zero-order valence-electron chi connectivity index (χ0n) is 14.4. The third kappa shape index (κ3) is 3.63. The van der Waals surface area contributed by atoms with Gasteiger partial charge in [0.25, 0.3) is 0 Å². The van der Waals surface area contributed by atoms with Crippen molar-refractivity contribution < 1.29 is 13.2 Å². The zero-order valence-corrected chi connectivity index (χ0v) is 15.2. The average Bonchev–Trinajstić information content (AvgIpc) is 3.07. The van der Waals surface area contributed by atoms with Crippen molar-refractivity contribution >= 4 is 21.6 Å². The molecule has 0 spiro atoms. The van der Waals surface area contributed by atoms with Gasteiger partial charge in [0.1, 0.15) is 0 Å². The summed E-state index contributed by atoms with van der Waals surface area (Å²) in [6, 6.07) is 23.1. The summed E-state index contributed by atoms with van der Waals surface area (Å²) in [4.78, 5) is 11.7. The second-order valence-corrected chi connectivity index (χ2v) is 8.13. The van der Waals surface area contributed by atoms with Crippen LogP contribution in [0, 0.1) is 0 Å². The summed E-state index contributed by atoms with van der Waals surface area (Å²) in [5.41, 5.74) is 3.07. The molecule has 3 aromatic rings. The molecule has 6 heteroatoms. The first-order chi connectivity index (χ1) is 13.0. The molecule has 0 radical (unpaired) electrons. The van der Waals surface area contributed by atoms with Gasteiger partial charge in [-0.1, -0.05) is 60.7 Å². The van der Waals surface area contributed by atoms with Gasteiger partial charge >= 0.3 is 0 Å².